The summed E-state index contributed by atoms with van der Waals surface area (Å²) < 4.78 is 19.3. The van der Waals surface area contributed by atoms with Crippen molar-refractivity contribution in [3.8, 4) is 0 Å². The van der Waals surface area contributed by atoms with Gasteiger partial charge in [-0.15, -0.1) is 0 Å². The monoisotopic (exact) mass is 300 g/mol. The van der Waals surface area contributed by atoms with Crippen molar-refractivity contribution in [1.82, 2.24) is 4.57 Å². The number of fused-ring (bicyclic) bond motifs is 1. The molecule has 1 aromatic heterocycles. The second-order valence-corrected chi connectivity index (χ2v) is 4.88. The highest BCUT2D eigenvalue weighted by molar-refractivity contribution is 5.94. The number of anilines is 1. The largest absolute Gasteiger partial charge is 0.420 e. The fourth-order valence-corrected chi connectivity index (χ4v) is 2.25. The fourth-order valence-electron chi connectivity index (χ4n) is 2.25. The lowest BCUT2D eigenvalue weighted by Gasteiger charge is -2.13. The molecule has 0 aliphatic rings. The van der Waals surface area contributed by atoms with Gasteiger partial charge in [-0.05, 0) is 43.3 Å². The van der Waals surface area contributed by atoms with E-state index < -0.39 is 11.8 Å². The molecule has 0 aliphatic heterocycles. The maximum atomic E-state index is 12.9. The number of carbonyl (C=O) groups is 1. The summed E-state index contributed by atoms with van der Waals surface area (Å²) in [6.07, 6.45) is 0. The third-order valence-electron chi connectivity index (χ3n) is 3.40. The molecule has 1 heterocycles. The van der Waals surface area contributed by atoms with Crippen LogP contribution in [0.25, 0.3) is 11.1 Å². The van der Waals surface area contributed by atoms with Gasteiger partial charge in [-0.25, -0.2) is 9.18 Å². The molecule has 0 saturated heterocycles. The molecular formula is C16H13FN2O3. The van der Waals surface area contributed by atoms with E-state index in [1.54, 1.807) is 31.2 Å². The molecule has 1 unspecified atom stereocenters. The number of hydrogen-bond acceptors (Lipinski definition) is 3. The van der Waals surface area contributed by atoms with E-state index in [2.05, 4.69) is 5.32 Å². The number of rotatable bonds is 3. The number of halogens is 1. The van der Waals surface area contributed by atoms with E-state index in [0.717, 1.165) is 0 Å². The Kier molecular flexibility index (Phi) is 3.50. The SMILES string of the molecule is CC(C(=O)Nc1ccc(F)cc1)n1c(=O)oc2ccccc21. The lowest BCUT2D eigenvalue weighted by atomic mass is 10.2. The molecule has 1 atom stereocenters. The summed E-state index contributed by atoms with van der Waals surface area (Å²) >= 11 is 0. The Morgan fingerprint density at radius 3 is 2.59 bits per heavy atom. The number of aromatic nitrogens is 1. The highest BCUT2D eigenvalue weighted by atomic mass is 19.1. The number of para-hydroxylation sites is 2. The third-order valence-corrected chi connectivity index (χ3v) is 3.40. The highest BCUT2D eigenvalue weighted by Gasteiger charge is 2.21. The van der Waals surface area contributed by atoms with E-state index >= 15 is 0 Å². The molecule has 3 aromatic rings. The molecule has 3 rings (SSSR count). The molecule has 0 radical (unpaired) electrons. The Balaban J connectivity index is 1.90. The zero-order valence-electron chi connectivity index (χ0n) is 11.7. The summed E-state index contributed by atoms with van der Waals surface area (Å²) in [5.41, 5.74) is 1.43. The quantitative estimate of drug-likeness (QED) is 0.809. The maximum Gasteiger partial charge on any atom is 0.420 e. The summed E-state index contributed by atoms with van der Waals surface area (Å²) in [5, 5.41) is 2.64. The number of benzene rings is 2. The summed E-state index contributed by atoms with van der Waals surface area (Å²) in [6.45, 7) is 1.60. The minimum absolute atomic E-state index is 0.386. The molecule has 0 aliphatic carbocycles. The molecule has 112 valence electrons. The van der Waals surface area contributed by atoms with E-state index in [0.29, 0.717) is 16.8 Å². The molecular weight excluding hydrogens is 287 g/mol. The van der Waals surface area contributed by atoms with E-state index in [4.69, 9.17) is 4.42 Å². The molecule has 22 heavy (non-hydrogen) atoms. The minimum Gasteiger partial charge on any atom is -0.408 e. The normalized spacial score (nSPS) is 12.3. The number of hydrogen-bond donors (Lipinski definition) is 1. The predicted octanol–water partition coefficient (Wildman–Crippen LogP) is 2.93. The van der Waals surface area contributed by atoms with Crippen LogP contribution in [0.5, 0.6) is 0 Å². The Morgan fingerprint density at radius 2 is 1.86 bits per heavy atom. The van der Waals surface area contributed by atoms with Crippen LogP contribution in [0.1, 0.15) is 13.0 Å². The number of nitrogens with zero attached hydrogens (tertiary/aromatic N) is 1. The molecule has 1 amide bonds. The van der Waals surface area contributed by atoms with Crippen molar-refractivity contribution in [2.75, 3.05) is 5.32 Å². The predicted molar refractivity (Wildman–Crippen MR) is 80.2 cm³/mol. The summed E-state index contributed by atoms with van der Waals surface area (Å²) in [5.74, 6) is -1.37. The fraction of sp³-hybridized carbons (Fsp3) is 0.125. The van der Waals surface area contributed by atoms with Crippen LogP contribution in [0.4, 0.5) is 10.1 Å². The van der Waals surface area contributed by atoms with Crippen molar-refractivity contribution in [2.45, 2.75) is 13.0 Å². The second-order valence-electron chi connectivity index (χ2n) is 4.88. The Hall–Kier alpha value is -2.89. The molecule has 0 saturated carbocycles. The van der Waals surface area contributed by atoms with Crippen LogP contribution in [-0.2, 0) is 4.79 Å². The van der Waals surface area contributed by atoms with Crippen molar-refractivity contribution in [3.63, 3.8) is 0 Å². The topological polar surface area (TPSA) is 64.2 Å². The van der Waals surface area contributed by atoms with Gasteiger partial charge in [0.05, 0.1) is 5.52 Å². The molecule has 6 heteroatoms. The third kappa shape index (κ3) is 2.50. The minimum atomic E-state index is -0.763. The number of carbonyl (C=O) groups excluding carboxylic acids is 1. The van der Waals surface area contributed by atoms with Crippen molar-refractivity contribution in [2.24, 2.45) is 0 Å². The number of oxazole rings is 1. The van der Waals surface area contributed by atoms with Crippen LogP contribution in [0.15, 0.2) is 57.7 Å². The van der Waals surface area contributed by atoms with Crippen molar-refractivity contribution in [3.05, 3.63) is 64.9 Å². The smallest absolute Gasteiger partial charge is 0.408 e. The summed E-state index contributed by atoms with van der Waals surface area (Å²) in [6, 6.07) is 11.5. The molecule has 2 aromatic carbocycles. The summed E-state index contributed by atoms with van der Waals surface area (Å²) in [7, 11) is 0. The van der Waals surface area contributed by atoms with E-state index in [1.807, 2.05) is 0 Å². The van der Waals surface area contributed by atoms with Gasteiger partial charge in [0.2, 0.25) is 5.91 Å². The molecule has 0 spiro atoms. The van der Waals surface area contributed by atoms with Gasteiger partial charge in [-0.1, -0.05) is 12.1 Å². The number of amides is 1. The van der Waals surface area contributed by atoms with Gasteiger partial charge in [-0.2, -0.15) is 0 Å². The lowest BCUT2D eigenvalue weighted by molar-refractivity contribution is -0.118. The first kappa shape index (κ1) is 14.1. The van der Waals surface area contributed by atoms with Gasteiger partial charge >= 0.3 is 5.76 Å². The van der Waals surface area contributed by atoms with Gasteiger partial charge in [0, 0.05) is 5.69 Å². The van der Waals surface area contributed by atoms with Crippen molar-refractivity contribution in [1.29, 1.82) is 0 Å². The van der Waals surface area contributed by atoms with Crippen molar-refractivity contribution < 1.29 is 13.6 Å². The van der Waals surface area contributed by atoms with Gasteiger partial charge < -0.3 is 9.73 Å². The zero-order chi connectivity index (χ0) is 15.7. The van der Waals surface area contributed by atoms with Gasteiger partial charge in [-0.3, -0.25) is 9.36 Å². The lowest BCUT2D eigenvalue weighted by Crippen LogP contribution is -2.29. The second kappa shape index (κ2) is 5.48. The van der Waals surface area contributed by atoms with E-state index in [9.17, 15) is 14.0 Å². The average Bonchev–Trinajstić information content (AvgIpc) is 2.84. The Labute approximate surface area is 125 Å². The first-order valence-corrected chi connectivity index (χ1v) is 6.73. The van der Waals surface area contributed by atoms with Crippen LogP contribution in [0, 0.1) is 5.82 Å². The average molecular weight is 300 g/mol. The Bertz CT molecular complexity index is 880. The van der Waals surface area contributed by atoms with Gasteiger partial charge in [0.15, 0.2) is 5.58 Å². The van der Waals surface area contributed by atoms with Crippen LogP contribution in [-0.4, -0.2) is 10.5 Å². The van der Waals surface area contributed by atoms with Gasteiger partial charge in [0.1, 0.15) is 11.9 Å². The first-order valence-electron chi connectivity index (χ1n) is 6.73. The van der Waals surface area contributed by atoms with Gasteiger partial charge in [0.25, 0.3) is 0 Å². The zero-order valence-corrected chi connectivity index (χ0v) is 11.7. The van der Waals surface area contributed by atoms with Crippen LogP contribution in [0.2, 0.25) is 0 Å². The molecule has 0 fully saturated rings. The highest BCUT2D eigenvalue weighted by Crippen LogP contribution is 2.18. The molecule has 0 bridgehead atoms. The van der Waals surface area contributed by atoms with E-state index in [-0.39, 0.29) is 11.7 Å². The van der Waals surface area contributed by atoms with Crippen LogP contribution < -0.4 is 11.1 Å². The molecule has 1 N–H and O–H groups in total. The first-order chi connectivity index (χ1) is 10.6. The Morgan fingerprint density at radius 1 is 1.18 bits per heavy atom. The van der Waals surface area contributed by atoms with Crippen molar-refractivity contribution >= 4 is 22.7 Å². The summed E-state index contributed by atoms with van der Waals surface area (Å²) in [4.78, 5) is 24.2. The van der Waals surface area contributed by atoms with Crippen LogP contribution in [0.3, 0.4) is 0 Å². The van der Waals surface area contributed by atoms with E-state index in [1.165, 1.54) is 28.8 Å². The maximum absolute atomic E-state index is 12.9. The standard InChI is InChI=1S/C16H13FN2O3/c1-10(15(20)18-12-8-6-11(17)7-9-12)19-13-4-2-3-5-14(13)22-16(19)21/h2-10H,1H3,(H,18,20). The van der Waals surface area contributed by atoms with Crippen LogP contribution >= 0.6 is 0 Å². The number of nitrogens with one attached hydrogen (secondary N) is 1. The molecule has 5 nitrogen and oxygen atoms in total.